The number of hydrogen-bond donors (Lipinski definition) is 1. The first-order valence-corrected chi connectivity index (χ1v) is 9.54. The van der Waals surface area contributed by atoms with E-state index >= 15 is 0 Å². The summed E-state index contributed by atoms with van der Waals surface area (Å²) in [4.78, 5) is 18.6. The fraction of sp³-hybridized carbons (Fsp3) is 0.364. The number of pyridine rings is 1. The van der Waals surface area contributed by atoms with Crippen molar-refractivity contribution < 1.29 is 14.3 Å². The van der Waals surface area contributed by atoms with E-state index in [1.54, 1.807) is 6.20 Å². The lowest BCUT2D eigenvalue weighted by Gasteiger charge is -2.32. The van der Waals surface area contributed by atoms with Crippen molar-refractivity contribution in [2.24, 2.45) is 0 Å². The highest BCUT2D eigenvalue weighted by molar-refractivity contribution is 5.91. The van der Waals surface area contributed by atoms with Crippen LogP contribution < -0.4 is 10.1 Å². The van der Waals surface area contributed by atoms with Crippen LogP contribution in [0.2, 0.25) is 0 Å². The smallest absolute Gasteiger partial charge is 0.321 e. The summed E-state index contributed by atoms with van der Waals surface area (Å²) in [5.41, 5.74) is 2.66. The van der Waals surface area contributed by atoms with Gasteiger partial charge in [0, 0.05) is 25.5 Å². The fourth-order valence-corrected chi connectivity index (χ4v) is 3.01. The van der Waals surface area contributed by atoms with E-state index in [-0.39, 0.29) is 12.1 Å². The Labute approximate surface area is 166 Å². The van der Waals surface area contributed by atoms with Crippen LogP contribution in [0.15, 0.2) is 60.9 Å². The Morgan fingerprint density at radius 2 is 2.04 bits per heavy atom. The molecule has 1 saturated heterocycles. The van der Waals surface area contributed by atoms with Gasteiger partial charge in [-0.05, 0) is 49.1 Å². The molecular formula is C22H27N3O3. The topological polar surface area (TPSA) is 63.7 Å². The molecule has 28 heavy (non-hydrogen) atoms. The van der Waals surface area contributed by atoms with Crippen molar-refractivity contribution in [2.75, 3.05) is 25.0 Å². The molecule has 3 rings (SSSR count). The van der Waals surface area contributed by atoms with Crippen molar-refractivity contribution in [1.29, 1.82) is 0 Å². The second-order valence-corrected chi connectivity index (χ2v) is 7.03. The number of aromatic nitrogens is 1. The van der Waals surface area contributed by atoms with Gasteiger partial charge in [-0.15, -0.1) is 0 Å². The van der Waals surface area contributed by atoms with Crippen molar-refractivity contribution >= 4 is 11.7 Å². The van der Waals surface area contributed by atoms with Gasteiger partial charge in [-0.1, -0.05) is 24.8 Å². The molecule has 0 atom stereocenters. The van der Waals surface area contributed by atoms with Crippen LogP contribution in [0.1, 0.15) is 25.3 Å². The lowest BCUT2D eigenvalue weighted by Crippen LogP contribution is -2.43. The zero-order chi connectivity index (χ0) is 19.8. The molecule has 1 aromatic carbocycles. The molecular weight excluding hydrogens is 354 g/mol. The molecule has 0 radical (unpaired) electrons. The number of ether oxygens (including phenoxy) is 2. The van der Waals surface area contributed by atoms with Crippen LogP contribution in [-0.2, 0) is 11.3 Å². The number of hydrogen-bond acceptors (Lipinski definition) is 4. The minimum Gasteiger partial charge on any atom is -0.487 e. The molecule has 0 bridgehead atoms. The van der Waals surface area contributed by atoms with Crippen LogP contribution in [0.5, 0.6) is 5.75 Å². The molecule has 1 aromatic heterocycles. The van der Waals surface area contributed by atoms with Gasteiger partial charge in [0.25, 0.3) is 0 Å². The molecule has 2 aromatic rings. The number of carbonyl (C=O) groups excluding carboxylic acids is 1. The number of likely N-dealkylation sites (tertiary alicyclic amines) is 1. The number of piperidine rings is 1. The SMILES string of the molecule is C=C(C)COc1ccccc1NC(=O)N1CCC(OCc2cccnc2)CC1. The van der Waals surface area contributed by atoms with E-state index in [1.165, 1.54) is 0 Å². The Bertz CT molecular complexity index is 787. The molecule has 6 heteroatoms. The summed E-state index contributed by atoms with van der Waals surface area (Å²) < 4.78 is 11.7. The summed E-state index contributed by atoms with van der Waals surface area (Å²) in [7, 11) is 0. The van der Waals surface area contributed by atoms with Gasteiger partial charge in [-0.2, -0.15) is 0 Å². The van der Waals surface area contributed by atoms with Gasteiger partial charge in [0.2, 0.25) is 0 Å². The third kappa shape index (κ3) is 5.82. The van der Waals surface area contributed by atoms with E-state index in [4.69, 9.17) is 9.47 Å². The fourth-order valence-electron chi connectivity index (χ4n) is 3.01. The van der Waals surface area contributed by atoms with E-state index in [9.17, 15) is 4.79 Å². The van der Waals surface area contributed by atoms with Gasteiger partial charge in [0.05, 0.1) is 18.4 Å². The number of nitrogens with one attached hydrogen (secondary N) is 1. The number of nitrogens with zero attached hydrogens (tertiary/aromatic N) is 2. The highest BCUT2D eigenvalue weighted by Crippen LogP contribution is 2.25. The van der Waals surface area contributed by atoms with Gasteiger partial charge >= 0.3 is 6.03 Å². The van der Waals surface area contributed by atoms with Gasteiger partial charge in [0.1, 0.15) is 12.4 Å². The first kappa shape index (κ1) is 19.9. The van der Waals surface area contributed by atoms with Crippen LogP contribution in [-0.4, -0.2) is 41.7 Å². The molecule has 1 aliphatic heterocycles. The van der Waals surface area contributed by atoms with E-state index < -0.39 is 0 Å². The molecule has 0 aliphatic carbocycles. The Kier molecular flexibility index (Phi) is 7.03. The Balaban J connectivity index is 1.47. The van der Waals surface area contributed by atoms with Crippen molar-refractivity contribution in [2.45, 2.75) is 32.5 Å². The Morgan fingerprint density at radius 3 is 2.75 bits per heavy atom. The Hall–Kier alpha value is -2.86. The second kappa shape index (κ2) is 9.90. The summed E-state index contributed by atoms with van der Waals surface area (Å²) in [5, 5.41) is 2.96. The largest absolute Gasteiger partial charge is 0.487 e. The van der Waals surface area contributed by atoms with Crippen LogP contribution in [0.25, 0.3) is 0 Å². The lowest BCUT2D eigenvalue weighted by molar-refractivity contribution is 0.00529. The van der Waals surface area contributed by atoms with E-state index in [0.717, 1.165) is 24.0 Å². The molecule has 1 N–H and O–H groups in total. The maximum absolute atomic E-state index is 12.6. The number of rotatable bonds is 7. The number of para-hydroxylation sites is 2. The summed E-state index contributed by atoms with van der Waals surface area (Å²) in [6.45, 7) is 8.05. The van der Waals surface area contributed by atoms with Crippen LogP contribution in [0, 0.1) is 0 Å². The highest BCUT2D eigenvalue weighted by Gasteiger charge is 2.24. The maximum atomic E-state index is 12.6. The summed E-state index contributed by atoms with van der Waals surface area (Å²) in [6, 6.07) is 11.2. The first-order valence-electron chi connectivity index (χ1n) is 9.54. The molecule has 2 amide bonds. The van der Waals surface area contributed by atoms with E-state index in [0.29, 0.717) is 37.7 Å². The predicted octanol–water partition coefficient (Wildman–Crippen LogP) is 4.25. The van der Waals surface area contributed by atoms with E-state index in [2.05, 4.69) is 16.9 Å². The molecule has 0 unspecified atom stereocenters. The van der Waals surface area contributed by atoms with Crippen LogP contribution >= 0.6 is 0 Å². The minimum absolute atomic E-state index is 0.114. The average molecular weight is 381 g/mol. The standard InChI is InChI=1S/C22H27N3O3/c1-17(2)15-28-21-8-4-3-7-20(21)24-22(26)25-12-9-19(10-13-25)27-16-18-6-5-11-23-14-18/h3-8,11,14,19H,1,9-10,12-13,15-16H2,2H3,(H,24,26). The van der Waals surface area contributed by atoms with E-state index in [1.807, 2.05) is 54.4 Å². The number of carbonyl (C=O) groups is 1. The van der Waals surface area contributed by atoms with Crippen molar-refractivity contribution in [3.05, 3.63) is 66.5 Å². The lowest BCUT2D eigenvalue weighted by atomic mass is 10.1. The predicted molar refractivity (Wildman–Crippen MR) is 109 cm³/mol. The van der Waals surface area contributed by atoms with Crippen LogP contribution in [0.3, 0.4) is 0 Å². The first-order chi connectivity index (χ1) is 13.6. The van der Waals surface area contributed by atoms with Gasteiger partial charge < -0.3 is 19.7 Å². The van der Waals surface area contributed by atoms with Crippen LogP contribution in [0.4, 0.5) is 10.5 Å². The molecule has 6 nitrogen and oxygen atoms in total. The highest BCUT2D eigenvalue weighted by atomic mass is 16.5. The van der Waals surface area contributed by atoms with Crippen molar-refractivity contribution in [3.63, 3.8) is 0 Å². The third-order valence-corrected chi connectivity index (χ3v) is 4.54. The quantitative estimate of drug-likeness (QED) is 0.728. The maximum Gasteiger partial charge on any atom is 0.321 e. The minimum atomic E-state index is -0.114. The monoisotopic (exact) mass is 381 g/mol. The number of anilines is 1. The molecule has 2 heterocycles. The zero-order valence-corrected chi connectivity index (χ0v) is 16.3. The molecule has 1 fully saturated rings. The number of amides is 2. The normalized spacial score (nSPS) is 14.5. The van der Waals surface area contributed by atoms with Gasteiger partial charge in [-0.3, -0.25) is 4.98 Å². The molecule has 148 valence electrons. The Morgan fingerprint density at radius 1 is 1.25 bits per heavy atom. The molecule has 1 aliphatic rings. The zero-order valence-electron chi connectivity index (χ0n) is 16.3. The number of urea groups is 1. The summed E-state index contributed by atoms with van der Waals surface area (Å²) in [5.74, 6) is 0.647. The summed E-state index contributed by atoms with van der Waals surface area (Å²) >= 11 is 0. The summed E-state index contributed by atoms with van der Waals surface area (Å²) in [6.07, 6.45) is 5.37. The number of benzene rings is 1. The van der Waals surface area contributed by atoms with Crippen molar-refractivity contribution in [1.82, 2.24) is 9.88 Å². The second-order valence-electron chi connectivity index (χ2n) is 7.03. The third-order valence-electron chi connectivity index (χ3n) is 4.54. The van der Waals surface area contributed by atoms with Gasteiger partial charge in [0.15, 0.2) is 0 Å². The molecule has 0 saturated carbocycles. The average Bonchev–Trinajstić information content (AvgIpc) is 2.72. The molecule has 0 spiro atoms. The van der Waals surface area contributed by atoms with Gasteiger partial charge in [-0.25, -0.2) is 4.79 Å². The van der Waals surface area contributed by atoms with Crippen molar-refractivity contribution in [3.8, 4) is 5.75 Å².